The van der Waals surface area contributed by atoms with Crippen molar-refractivity contribution in [3.05, 3.63) is 35.9 Å². The molecule has 1 rings (SSSR count). The van der Waals surface area contributed by atoms with Crippen molar-refractivity contribution in [2.24, 2.45) is 0 Å². The molecule has 1 aromatic carbocycles. The number of nitrogens with one attached hydrogen (secondary N) is 1. The predicted molar refractivity (Wildman–Crippen MR) is 66.7 cm³/mol. The Hall–Kier alpha value is -0.940. The van der Waals surface area contributed by atoms with Crippen molar-refractivity contribution in [2.75, 3.05) is 26.4 Å². The van der Waals surface area contributed by atoms with Gasteiger partial charge < -0.3 is 20.3 Å². The van der Waals surface area contributed by atoms with Crippen molar-refractivity contribution in [3.63, 3.8) is 0 Å². The first kappa shape index (κ1) is 14.1. The van der Waals surface area contributed by atoms with Gasteiger partial charge in [0, 0.05) is 13.2 Å². The monoisotopic (exact) mass is 239 g/mol. The van der Waals surface area contributed by atoms with Crippen LogP contribution >= 0.6 is 0 Å². The van der Waals surface area contributed by atoms with Crippen LogP contribution in [-0.2, 0) is 11.3 Å². The molecule has 0 heterocycles. The van der Waals surface area contributed by atoms with E-state index in [9.17, 15) is 0 Å². The Bertz CT molecular complexity index is 279. The lowest BCUT2D eigenvalue weighted by atomic mass is 10.2. The van der Waals surface area contributed by atoms with Gasteiger partial charge in [0.2, 0.25) is 0 Å². The molecule has 17 heavy (non-hydrogen) atoms. The standard InChI is InChI=1S/C13H21NO3/c15-10-13(16)11-17-8-4-7-14-9-12-5-2-1-3-6-12/h1-3,5-6,13-16H,4,7-11H2. The maximum Gasteiger partial charge on any atom is 0.100 e. The normalized spacial score (nSPS) is 12.6. The average Bonchev–Trinajstić information content (AvgIpc) is 2.38. The van der Waals surface area contributed by atoms with E-state index in [1.807, 2.05) is 18.2 Å². The molecule has 96 valence electrons. The van der Waals surface area contributed by atoms with Crippen LogP contribution in [-0.4, -0.2) is 42.7 Å². The molecule has 0 aliphatic heterocycles. The van der Waals surface area contributed by atoms with Gasteiger partial charge >= 0.3 is 0 Å². The SMILES string of the molecule is OCC(O)COCCCNCc1ccccc1. The van der Waals surface area contributed by atoms with E-state index in [2.05, 4.69) is 17.4 Å². The molecule has 0 spiro atoms. The molecule has 0 amide bonds. The fourth-order valence-corrected chi connectivity index (χ4v) is 1.40. The van der Waals surface area contributed by atoms with Crippen molar-refractivity contribution in [2.45, 2.75) is 19.1 Å². The van der Waals surface area contributed by atoms with Crippen molar-refractivity contribution < 1.29 is 14.9 Å². The van der Waals surface area contributed by atoms with Gasteiger partial charge in [-0.1, -0.05) is 30.3 Å². The Morgan fingerprint density at radius 3 is 2.71 bits per heavy atom. The number of rotatable bonds is 9. The molecular weight excluding hydrogens is 218 g/mol. The van der Waals surface area contributed by atoms with E-state index in [1.54, 1.807) is 0 Å². The third-order valence-electron chi connectivity index (χ3n) is 2.34. The number of aliphatic hydroxyl groups is 2. The average molecular weight is 239 g/mol. The van der Waals surface area contributed by atoms with E-state index in [4.69, 9.17) is 14.9 Å². The summed E-state index contributed by atoms with van der Waals surface area (Å²) in [5.74, 6) is 0. The first-order valence-electron chi connectivity index (χ1n) is 5.94. The minimum atomic E-state index is -0.757. The Balaban J connectivity index is 1.91. The van der Waals surface area contributed by atoms with Crippen molar-refractivity contribution >= 4 is 0 Å². The van der Waals surface area contributed by atoms with Gasteiger partial charge in [0.25, 0.3) is 0 Å². The highest BCUT2D eigenvalue weighted by molar-refractivity contribution is 5.14. The fourth-order valence-electron chi connectivity index (χ4n) is 1.40. The van der Waals surface area contributed by atoms with Crippen molar-refractivity contribution in [1.82, 2.24) is 5.32 Å². The molecule has 0 saturated heterocycles. The van der Waals surface area contributed by atoms with Crippen LogP contribution in [0.25, 0.3) is 0 Å². The lowest BCUT2D eigenvalue weighted by Gasteiger charge is -2.08. The second-order valence-electron chi connectivity index (χ2n) is 3.93. The Labute approximate surface area is 102 Å². The van der Waals surface area contributed by atoms with Crippen LogP contribution in [0.2, 0.25) is 0 Å². The maximum atomic E-state index is 9.02. The zero-order valence-corrected chi connectivity index (χ0v) is 10.0. The minimum absolute atomic E-state index is 0.204. The van der Waals surface area contributed by atoms with E-state index in [0.29, 0.717) is 6.61 Å². The highest BCUT2D eigenvalue weighted by Gasteiger charge is 2.00. The molecule has 4 nitrogen and oxygen atoms in total. The summed E-state index contributed by atoms with van der Waals surface area (Å²) in [5.41, 5.74) is 1.27. The Morgan fingerprint density at radius 2 is 2.00 bits per heavy atom. The third-order valence-corrected chi connectivity index (χ3v) is 2.34. The topological polar surface area (TPSA) is 61.7 Å². The predicted octanol–water partition coefficient (Wildman–Crippen LogP) is 0.536. The molecule has 3 N–H and O–H groups in total. The molecule has 0 bridgehead atoms. The molecule has 0 aromatic heterocycles. The molecule has 0 aliphatic carbocycles. The van der Waals surface area contributed by atoms with Gasteiger partial charge in [-0.2, -0.15) is 0 Å². The zero-order valence-electron chi connectivity index (χ0n) is 10.0. The molecule has 0 saturated carbocycles. The van der Waals surface area contributed by atoms with Gasteiger partial charge in [0.15, 0.2) is 0 Å². The second-order valence-corrected chi connectivity index (χ2v) is 3.93. The molecule has 1 unspecified atom stereocenters. The van der Waals surface area contributed by atoms with Crippen LogP contribution in [0.3, 0.4) is 0 Å². The van der Waals surface area contributed by atoms with Crippen molar-refractivity contribution in [3.8, 4) is 0 Å². The highest BCUT2D eigenvalue weighted by atomic mass is 16.5. The first-order valence-corrected chi connectivity index (χ1v) is 5.94. The number of benzene rings is 1. The van der Waals surface area contributed by atoms with E-state index in [-0.39, 0.29) is 13.2 Å². The quantitative estimate of drug-likeness (QED) is 0.550. The highest BCUT2D eigenvalue weighted by Crippen LogP contribution is 1.97. The summed E-state index contributed by atoms with van der Waals surface area (Å²) in [6.07, 6.45) is 0.137. The molecule has 4 heteroatoms. The lowest BCUT2D eigenvalue weighted by molar-refractivity contribution is 0.00576. The number of hydrogen-bond donors (Lipinski definition) is 3. The molecule has 1 atom stereocenters. The second kappa shape index (κ2) is 9.13. The van der Waals surface area contributed by atoms with Crippen LogP contribution in [0.1, 0.15) is 12.0 Å². The van der Waals surface area contributed by atoms with Crippen LogP contribution in [0.4, 0.5) is 0 Å². The van der Waals surface area contributed by atoms with E-state index < -0.39 is 6.10 Å². The molecule has 1 aromatic rings. The largest absolute Gasteiger partial charge is 0.394 e. The summed E-state index contributed by atoms with van der Waals surface area (Å²) in [6.45, 7) is 2.30. The fraction of sp³-hybridized carbons (Fsp3) is 0.538. The van der Waals surface area contributed by atoms with Crippen LogP contribution in [0.5, 0.6) is 0 Å². The van der Waals surface area contributed by atoms with E-state index >= 15 is 0 Å². The van der Waals surface area contributed by atoms with Crippen molar-refractivity contribution in [1.29, 1.82) is 0 Å². The third kappa shape index (κ3) is 7.07. The van der Waals surface area contributed by atoms with Crippen LogP contribution in [0, 0.1) is 0 Å². The zero-order chi connectivity index (χ0) is 12.3. The summed E-state index contributed by atoms with van der Waals surface area (Å²) in [4.78, 5) is 0. The first-order chi connectivity index (χ1) is 8.33. The molecule has 0 radical (unpaired) electrons. The number of ether oxygens (including phenoxy) is 1. The van der Waals surface area contributed by atoms with Gasteiger partial charge in [0.05, 0.1) is 13.2 Å². The van der Waals surface area contributed by atoms with Gasteiger partial charge in [0.1, 0.15) is 6.10 Å². The summed E-state index contributed by atoms with van der Waals surface area (Å²) >= 11 is 0. The van der Waals surface area contributed by atoms with Gasteiger partial charge in [-0.25, -0.2) is 0 Å². The van der Waals surface area contributed by atoms with Crippen LogP contribution in [0.15, 0.2) is 30.3 Å². The van der Waals surface area contributed by atoms with Gasteiger partial charge in [-0.15, -0.1) is 0 Å². The van der Waals surface area contributed by atoms with Gasteiger partial charge in [-0.3, -0.25) is 0 Å². The van der Waals surface area contributed by atoms with Gasteiger partial charge in [-0.05, 0) is 18.5 Å². The Morgan fingerprint density at radius 1 is 1.24 bits per heavy atom. The van der Waals surface area contributed by atoms with Crippen LogP contribution < -0.4 is 5.32 Å². The molecule has 0 aliphatic rings. The Kier molecular flexibility index (Phi) is 7.58. The van der Waals surface area contributed by atoms with E-state index in [0.717, 1.165) is 19.5 Å². The summed E-state index contributed by atoms with van der Waals surface area (Å²) in [5, 5.41) is 20.9. The molecule has 0 fully saturated rings. The summed E-state index contributed by atoms with van der Waals surface area (Å²) < 4.78 is 5.19. The summed E-state index contributed by atoms with van der Waals surface area (Å²) in [7, 11) is 0. The van der Waals surface area contributed by atoms with E-state index in [1.165, 1.54) is 5.56 Å². The number of aliphatic hydroxyl groups excluding tert-OH is 2. The lowest BCUT2D eigenvalue weighted by Crippen LogP contribution is -2.21. The summed E-state index contributed by atoms with van der Waals surface area (Å²) in [6, 6.07) is 10.2. The minimum Gasteiger partial charge on any atom is -0.394 e. The number of hydrogen-bond acceptors (Lipinski definition) is 4. The smallest absolute Gasteiger partial charge is 0.100 e. The maximum absolute atomic E-state index is 9.02. The molecular formula is C13H21NO3.